The van der Waals surface area contributed by atoms with Gasteiger partial charge in [0.1, 0.15) is 0 Å². The summed E-state index contributed by atoms with van der Waals surface area (Å²) >= 11 is 3.13. The van der Waals surface area contributed by atoms with Gasteiger partial charge in [0, 0.05) is 7.05 Å². The molecule has 1 saturated carbocycles. The summed E-state index contributed by atoms with van der Waals surface area (Å²) in [4.78, 5) is 13.0. The number of aliphatic hydroxyl groups excluding tert-OH is 1. The van der Waals surface area contributed by atoms with Crippen molar-refractivity contribution >= 4 is 21.8 Å². The number of carbonyl (C=O) groups excluding carboxylic acids is 1. The third kappa shape index (κ3) is 2.68. The minimum atomic E-state index is -0.332. The Balaban J connectivity index is 2.53. The topological polar surface area (TPSA) is 40.5 Å². The van der Waals surface area contributed by atoms with Crippen molar-refractivity contribution in [3.8, 4) is 0 Å². The SMILES string of the molecule is CN(C(=O)CBr)C1CCCCC1O. The Labute approximate surface area is 87.2 Å². The van der Waals surface area contributed by atoms with Crippen LogP contribution in [0.4, 0.5) is 0 Å². The van der Waals surface area contributed by atoms with E-state index in [-0.39, 0.29) is 18.1 Å². The first kappa shape index (κ1) is 11.0. The third-order valence-corrected chi connectivity index (χ3v) is 3.18. The Kier molecular flexibility index (Phi) is 4.19. The van der Waals surface area contributed by atoms with E-state index >= 15 is 0 Å². The number of alkyl halides is 1. The number of halogens is 1. The van der Waals surface area contributed by atoms with Crippen molar-refractivity contribution in [2.45, 2.75) is 37.8 Å². The molecule has 0 aromatic rings. The van der Waals surface area contributed by atoms with Crippen LogP contribution in [-0.2, 0) is 4.79 Å². The second kappa shape index (κ2) is 4.96. The molecule has 1 fully saturated rings. The highest BCUT2D eigenvalue weighted by atomic mass is 79.9. The summed E-state index contributed by atoms with van der Waals surface area (Å²) in [6.45, 7) is 0. The molecule has 76 valence electrons. The molecule has 2 atom stereocenters. The lowest BCUT2D eigenvalue weighted by molar-refractivity contribution is -0.132. The van der Waals surface area contributed by atoms with E-state index in [0.29, 0.717) is 5.33 Å². The van der Waals surface area contributed by atoms with Gasteiger partial charge in [-0.3, -0.25) is 4.79 Å². The zero-order valence-corrected chi connectivity index (χ0v) is 9.46. The maximum Gasteiger partial charge on any atom is 0.233 e. The molecule has 2 unspecified atom stereocenters. The molecular formula is C9H16BrNO2. The fourth-order valence-electron chi connectivity index (χ4n) is 1.82. The molecule has 0 heterocycles. The Morgan fingerprint density at radius 1 is 1.54 bits per heavy atom. The molecular weight excluding hydrogens is 234 g/mol. The largest absolute Gasteiger partial charge is 0.391 e. The molecule has 0 bridgehead atoms. The second-order valence-corrected chi connectivity index (χ2v) is 4.12. The molecule has 1 aliphatic carbocycles. The molecule has 0 aliphatic heterocycles. The smallest absolute Gasteiger partial charge is 0.233 e. The van der Waals surface area contributed by atoms with E-state index in [1.807, 2.05) is 0 Å². The average molecular weight is 250 g/mol. The highest BCUT2D eigenvalue weighted by Crippen LogP contribution is 2.22. The summed E-state index contributed by atoms with van der Waals surface area (Å²) in [6.07, 6.45) is 3.61. The van der Waals surface area contributed by atoms with Crippen molar-refractivity contribution in [2.24, 2.45) is 0 Å². The van der Waals surface area contributed by atoms with E-state index in [2.05, 4.69) is 15.9 Å². The van der Waals surface area contributed by atoms with Crippen molar-refractivity contribution in [3.05, 3.63) is 0 Å². The van der Waals surface area contributed by atoms with Gasteiger partial charge < -0.3 is 10.0 Å². The van der Waals surface area contributed by atoms with Crippen molar-refractivity contribution in [1.82, 2.24) is 4.90 Å². The fourth-order valence-corrected chi connectivity index (χ4v) is 2.22. The normalized spacial score (nSPS) is 28.5. The molecule has 13 heavy (non-hydrogen) atoms. The van der Waals surface area contributed by atoms with Crippen LogP contribution in [0.15, 0.2) is 0 Å². The molecule has 0 aromatic carbocycles. The first-order chi connectivity index (χ1) is 6.16. The van der Waals surface area contributed by atoms with Crippen LogP contribution in [0.2, 0.25) is 0 Å². The third-order valence-electron chi connectivity index (χ3n) is 2.70. The van der Waals surface area contributed by atoms with Crippen LogP contribution in [-0.4, -0.2) is 40.4 Å². The summed E-state index contributed by atoms with van der Waals surface area (Å²) in [5.74, 6) is 0.0472. The number of carbonyl (C=O) groups is 1. The summed E-state index contributed by atoms with van der Waals surface area (Å²) < 4.78 is 0. The van der Waals surface area contributed by atoms with Crippen molar-refractivity contribution in [3.63, 3.8) is 0 Å². The standard InChI is InChI=1S/C9H16BrNO2/c1-11(9(13)6-10)7-4-2-3-5-8(7)12/h7-8,12H,2-6H2,1H3. The van der Waals surface area contributed by atoms with Crippen LogP contribution in [0.5, 0.6) is 0 Å². The summed E-state index contributed by atoms with van der Waals surface area (Å²) in [5, 5.41) is 10.0. The molecule has 1 amide bonds. The van der Waals surface area contributed by atoms with Gasteiger partial charge in [0.2, 0.25) is 5.91 Å². The lowest BCUT2D eigenvalue weighted by Crippen LogP contribution is -2.46. The van der Waals surface area contributed by atoms with Gasteiger partial charge in [-0.05, 0) is 12.8 Å². The van der Waals surface area contributed by atoms with Gasteiger partial charge in [0.25, 0.3) is 0 Å². The zero-order valence-electron chi connectivity index (χ0n) is 7.87. The van der Waals surface area contributed by atoms with Crippen molar-refractivity contribution in [2.75, 3.05) is 12.4 Å². The van der Waals surface area contributed by atoms with E-state index in [1.54, 1.807) is 11.9 Å². The van der Waals surface area contributed by atoms with Crippen LogP contribution in [0.25, 0.3) is 0 Å². The van der Waals surface area contributed by atoms with Crippen molar-refractivity contribution in [1.29, 1.82) is 0 Å². The number of likely N-dealkylation sites (N-methyl/N-ethyl adjacent to an activating group) is 1. The number of hydrogen-bond donors (Lipinski definition) is 1. The number of rotatable bonds is 2. The zero-order chi connectivity index (χ0) is 9.84. The predicted octanol–water partition coefficient (Wildman–Crippen LogP) is 1.14. The highest BCUT2D eigenvalue weighted by molar-refractivity contribution is 9.09. The number of nitrogens with zero attached hydrogens (tertiary/aromatic N) is 1. The minimum absolute atomic E-state index is 0.0267. The monoisotopic (exact) mass is 249 g/mol. The highest BCUT2D eigenvalue weighted by Gasteiger charge is 2.28. The van der Waals surface area contributed by atoms with E-state index in [9.17, 15) is 9.90 Å². The summed E-state index contributed by atoms with van der Waals surface area (Å²) in [6, 6.07) is 0.0267. The Morgan fingerprint density at radius 3 is 2.69 bits per heavy atom. The lowest BCUT2D eigenvalue weighted by Gasteiger charge is -2.34. The first-order valence-corrected chi connectivity index (χ1v) is 5.78. The van der Waals surface area contributed by atoms with E-state index < -0.39 is 0 Å². The van der Waals surface area contributed by atoms with Gasteiger partial charge in [-0.25, -0.2) is 0 Å². The van der Waals surface area contributed by atoms with Crippen molar-refractivity contribution < 1.29 is 9.90 Å². The Hall–Kier alpha value is -0.0900. The lowest BCUT2D eigenvalue weighted by atomic mass is 9.91. The molecule has 3 nitrogen and oxygen atoms in total. The Bertz CT molecular complexity index is 186. The first-order valence-electron chi connectivity index (χ1n) is 4.66. The number of hydrogen-bond acceptors (Lipinski definition) is 2. The van der Waals surface area contributed by atoms with Gasteiger partial charge in [-0.1, -0.05) is 28.8 Å². The molecule has 0 saturated heterocycles. The summed E-state index contributed by atoms with van der Waals surface area (Å²) in [7, 11) is 1.77. The van der Waals surface area contributed by atoms with Gasteiger partial charge in [0.15, 0.2) is 0 Å². The number of aliphatic hydroxyl groups is 1. The van der Waals surface area contributed by atoms with Gasteiger partial charge in [0.05, 0.1) is 17.5 Å². The molecule has 1 rings (SSSR count). The van der Waals surface area contributed by atoms with E-state index in [4.69, 9.17) is 0 Å². The predicted molar refractivity (Wildman–Crippen MR) is 54.8 cm³/mol. The van der Waals surface area contributed by atoms with Crippen LogP contribution in [0.1, 0.15) is 25.7 Å². The molecule has 0 spiro atoms. The second-order valence-electron chi connectivity index (χ2n) is 3.56. The maximum atomic E-state index is 11.3. The van der Waals surface area contributed by atoms with Crippen LogP contribution < -0.4 is 0 Å². The molecule has 1 aliphatic rings. The van der Waals surface area contributed by atoms with Gasteiger partial charge >= 0.3 is 0 Å². The van der Waals surface area contributed by atoms with Gasteiger partial charge in [-0.15, -0.1) is 0 Å². The fraction of sp³-hybridized carbons (Fsp3) is 0.889. The minimum Gasteiger partial charge on any atom is -0.391 e. The Morgan fingerprint density at radius 2 is 2.15 bits per heavy atom. The van der Waals surface area contributed by atoms with Crippen LogP contribution in [0, 0.1) is 0 Å². The average Bonchev–Trinajstić information content (AvgIpc) is 2.16. The summed E-state index contributed by atoms with van der Waals surface area (Å²) in [5.41, 5.74) is 0. The van der Waals surface area contributed by atoms with E-state index in [1.165, 1.54) is 0 Å². The molecule has 1 N–H and O–H groups in total. The van der Waals surface area contributed by atoms with Crippen LogP contribution in [0.3, 0.4) is 0 Å². The van der Waals surface area contributed by atoms with E-state index in [0.717, 1.165) is 25.7 Å². The van der Waals surface area contributed by atoms with Gasteiger partial charge in [-0.2, -0.15) is 0 Å². The molecule has 0 radical (unpaired) electrons. The van der Waals surface area contributed by atoms with Crippen LogP contribution >= 0.6 is 15.9 Å². The quantitative estimate of drug-likeness (QED) is 0.747. The molecule has 0 aromatic heterocycles. The number of amides is 1. The molecule has 4 heteroatoms. The maximum absolute atomic E-state index is 11.3.